The Morgan fingerprint density at radius 2 is 1.82 bits per heavy atom. The van der Waals surface area contributed by atoms with Gasteiger partial charge in [-0.1, -0.05) is 51.8 Å². The van der Waals surface area contributed by atoms with Gasteiger partial charge in [-0.25, -0.2) is 4.98 Å². The van der Waals surface area contributed by atoms with Crippen molar-refractivity contribution in [3.8, 4) is 0 Å². The normalized spacial score (nSPS) is 11.2. The van der Waals surface area contributed by atoms with Crippen molar-refractivity contribution >= 4 is 49.2 Å². The number of aryl methyl sites for hydroxylation is 1. The van der Waals surface area contributed by atoms with Gasteiger partial charge in [0.2, 0.25) is 0 Å². The summed E-state index contributed by atoms with van der Waals surface area (Å²) < 4.78 is 1.09. The average molecular weight is 307 g/mol. The van der Waals surface area contributed by atoms with Crippen LogP contribution in [0.1, 0.15) is 5.56 Å². The van der Waals surface area contributed by atoms with Gasteiger partial charge in [0, 0.05) is 15.2 Å². The van der Waals surface area contributed by atoms with Gasteiger partial charge in [0.25, 0.3) is 0 Å². The number of aromatic nitrogens is 1. The van der Waals surface area contributed by atoms with Crippen LogP contribution in [0.15, 0.2) is 40.9 Å². The molecule has 3 rings (SSSR count). The van der Waals surface area contributed by atoms with Crippen LogP contribution in [0.5, 0.6) is 0 Å². The third kappa shape index (κ3) is 1.72. The Bertz CT molecular complexity index is 737. The molecule has 0 N–H and O–H groups in total. The second kappa shape index (κ2) is 3.97. The molecule has 2 aromatic carbocycles. The Labute approximate surface area is 113 Å². The van der Waals surface area contributed by atoms with Gasteiger partial charge in [0.15, 0.2) is 0 Å². The number of hydrogen-bond acceptors (Lipinski definition) is 1. The van der Waals surface area contributed by atoms with Crippen LogP contribution in [0.4, 0.5) is 0 Å². The standard InChI is InChI=1S/C14H9BrClN/c1-8-6-9-7-12(15)10-4-2-3-5-11(10)13(9)17-14(8)16/h2-7H,1H3. The van der Waals surface area contributed by atoms with Gasteiger partial charge in [-0.3, -0.25) is 0 Å². The van der Waals surface area contributed by atoms with Crippen molar-refractivity contribution in [2.24, 2.45) is 0 Å². The molecule has 0 fully saturated rings. The molecule has 3 aromatic rings. The minimum atomic E-state index is 0.574. The number of benzene rings is 2. The third-order valence-corrected chi connectivity index (χ3v) is 3.94. The minimum absolute atomic E-state index is 0.574. The molecule has 3 heteroatoms. The van der Waals surface area contributed by atoms with Gasteiger partial charge in [-0.2, -0.15) is 0 Å². The molecule has 0 unspecified atom stereocenters. The average Bonchev–Trinajstić information content (AvgIpc) is 2.32. The van der Waals surface area contributed by atoms with Gasteiger partial charge in [0.05, 0.1) is 5.52 Å². The lowest BCUT2D eigenvalue weighted by Crippen LogP contribution is -1.87. The summed E-state index contributed by atoms with van der Waals surface area (Å²) in [7, 11) is 0. The summed E-state index contributed by atoms with van der Waals surface area (Å²) in [5.74, 6) is 0. The van der Waals surface area contributed by atoms with E-state index in [4.69, 9.17) is 11.6 Å². The Morgan fingerprint density at radius 1 is 1.12 bits per heavy atom. The summed E-state index contributed by atoms with van der Waals surface area (Å²) >= 11 is 9.71. The maximum Gasteiger partial charge on any atom is 0.132 e. The van der Waals surface area contributed by atoms with Crippen LogP contribution in [-0.2, 0) is 0 Å². The summed E-state index contributed by atoms with van der Waals surface area (Å²) in [6, 6.07) is 12.4. The summed E-state index contributed by atoms with van der Waals surface area (Å²) in [6.07, 6.45) is 0. The summed E-state index contributed by atoms with van der Waals surface area (Å²) in [5, 5.41) is 3.97. The number of rotatable bonds is 0. The van der Waals surface area contributed by atoms with Crippen molar-refractivity contribution < 1.29 is 0 Å². The Kier molecular flexibility index (Phi) is 2.57. The highest BCUT2D eigenvalue weighted by atomic mass is 79.9. The van der Waals surface area contributed by atoms with Crippen molar-refractivity contribution in [3.05, 3.63) is 51.6 Å². The molecule has 0 amide bonds. The van der Waals surface area contributed by atoms with E-state index >= 15 is 0 Å². The molecule has 0 saturated carbocycles. The van der Waals surface area contributed by atoms with E-state index in [1.165, 1.54) is 0 Å². The van der Waals surface area contributed by atoms with E-state index in [1.807, 2.05) is 19.1 Å². The van der Waals surface area contributed by atoms with Crippen molar-refractivity contribution in [2.75, 3.05) is 0 Å². The molecule has 0 spiro atoms. The van der Waals surface area contributed by atoms with Crippen LogP contribution >= 0.6 is 27.5 Å². The summed E-state index contributed by atoms with van der Waals surface area (Å²) in [5.41, 5.74) is 1.96. The predicted octanol–water partition coefficient (Wildman–Crippen LogP) is 5.11. The van der Waals surface area contributed by atoms with Crippen LogP contribution in [-0.4, -0.2) is 4.98 Å². The highest BCUT2D eigenvalue weighted by Crippen LogP contribution is 2.32. The molecule has 84 valence electrons. The Morgan fingerprint density at radius 3 is 2.59 bits per heavy atom. The smallest absolute Gasteiger partial charge is 0.132 e. The van der Waals surface area contributed by atoms with Crippen LogP contribution in [0, 0.1) is 6.92 Å². The molecule has 0 atom stereocenters. The Hall–Kier alpha value is -1.12. The van der Waals surface area contributed by atoms with Crippen molar-refractivity contribution in [1.82, 2.24) is 4.98 Å². The first-order valence-corrected chi connectivity index (χ1v) is 6.48. The van der Waals surface area contributed by atoms with Crippen LogP contribution < -0.4 is 0 Å². The molecule has 0 bridgehead atoms. The highest BCUT2D eigenvalue weighted by molar-refractivity contribution is 9.10. The number of pyridine rings is 1. The van der Waals surface area contributed by atoms with Crippen molar-refractivity contribution in [2.45, 2.75) is 6.92 Å². The van der Waals surface area contributed by atoms with Crippen molar-refractivity contribution in [1.29, 1.82) is 0 Å². The number of fused-ring (bicyclic) bond motifs is 3. The molecule has 0 saturated heterocycles. The van der Waals surface area contributed by atoms with E-state index in [2.05, 4.69) is 45.2 Å². The topological polar surface area (TPSA) is 12.9 Å². The molecule has 0 radical (unpaired) electrons. The fourth-order valence-electron chi connectivity index (χ4n) is 2.05. The zero-order valence-electron chi connectivity index (χ0n) is 9.17. The minimum Gasteiger partial charge on any atom is -0.235 e. The van der Waals surface area contributed by atoms with Gasteiger partial charge >= 0.3 is 0 Å². The van der Waals surface area contributed by atoms with E-state index in [0.717, 1.165) is 31.7 Å². The number of hydrogen-bond donors (Lipinski definition) is 0. The second-order valence-corrected chi connectivity index (χ2v) is 5.28. The summed E-state index contributed by atoms with van der Waals surface area (Å²) in [6.45, 7) is 1.97. The van der Waals surface area contributed by atoms with Crippen molar-refractivity contribution in [3.63, 3.8) is 0 Å². The monoisotopic (exact) mass is 305 g/mol. The fourth-order valence-corrected chi connectivity index (χ4v) is 2.78. The SMILES string of the molecule is Cc1cc2cc(Br)c3ccccc3c2nc1Cl. The van der Waals surface area contributed by atoms with Gasteiger partial charge in [-0.05, 0) is 30.0 Å². The first-order valence-electron chi connectivity index (χ1n) is 5.31. The maximum atomic E-state index is 6.10. The molecular weight excluding hydrogens is 298 g/mol. The Balaban J connectivity index is 2.59. The fraction of sp³-hybridized carbons (Fsp3) is 0.0714. The first-order chi connectivity index (χ1) is 8.16. The molecular formula is C14H9BrClN. The zero-order valence-corrected chi connectivity index (χ0v) is 11.5. The second-order valence-electron chi connectivity index (χ2n) is 4.07. The van der Waals surface area contributed by atoms with Crippen LogP contribution in [0.2, 0.25) is 5.15 Å². The highest BCUT2D eigenvalue weighted by Gasteiger charge is 2.07. The predicted molar refractivity (Wildman–Crippen MR) is 76.7 cm³/mol. The summed E-state index contributed by atoms with van der Waals surface area (Å²) in [4.78, 5) is 4.49. The van der Waals surface area contributed by atoms with E-state index in [9.17, 15) is 0 Å². The van der Waals surface area contributed by atoms with E-state index in [0.29, 0.717) is 5.15 Å². The largest absolute Gasteiger partial charge is 0.235 e. The van der Waals surface area contributed by atoms with Crippen LogP contribution in [0.25, 0.3) is 21.7 Å². The maximum absolute atomic E-state index is 6.10. The number of halogens is 2. The molecule has 0 aliphatic rings. The lowest BCUT2D eigenvalue weighted by atomic mass is 10.1. The molecule has 1 aromatic heterocycles. The van der Waals surface area contributed by atoms with Gasteiger partial charge in [0.1, 0.15) is 5.15 Å². The quantitative estimate of drug-likeness (QED) is 0.415. The number of nitrogens with zero attached hydrogens (tertiary/aromatic N) is 1. The first kappa shape index (κ1) is 11.0. The lowest BCUT2D eigenvalue weighted by molar-refractivity contribution is 1.34. The lowest BCUT2D eigenvalue weighted by Gasteiger charge is -2.07. The van der Waals surface area contributed by atoms with E-state index in [-0.39, 0.29) is 0 Å². The molecule has 1 heterocycles. The molecule has 0 aliphatic carbocycles. The molecule has 1 nitrogen and oxygen atoms in total. The zero-order chi connectivity index (χ0) is 12.0. The van der Waals surface area contributed by atoms with E-state index < -0.39 is 0 Å². The van der Waals surface area contributed by atoms with Crippen LogP contribution in [0.3, 0.4) is 0 Å². The van der Waals surface area contributed by atoms with Gasteiger partial charge < -0.3 is 0 Å². The van der Waals surface area contributed by atoms with E-state index in [1.54, 1.807) is 0 Å². The molecule has 17 heavy (non-hydrogen) atoms. The van der Waals surface area contributed by atoms with Gasteiger partial charge in [-0.15, -0.1) is 0 Å². The molecule has 0 aliphatic heterocycles. The third-order valence-electron chi connectivity index (χ3n) is 2.90.